The standard InChI is InChI=1S/C12H16BrN3OS/c1-7(2)16-11(14-6-15-16)5-9(17)10-4-8(3)12(13)18-10/h4,6-7,9,17H,5H2,1-3H3. The number of rotatable bonds is 4. The minimum atomic E-state index is -0.526. The van der Waals surface area contributed by atoms with Crippen LogP contribution in [-0.4, -0.2) is 19.9 Å². The summed E-state index contributed by atoms with van der Waals surface area (Å²) in [4.78, 5) is 5.17. The fourth-order valence-electron chi connectivity index (χ4n) is 1.77. The van der Waals surface area contributed by atoms with Crippen molar-refractivity contribution in [2.45, 2.75) is 39.3 Å². The zero-order valence-electron chi connectivity index (χ0n) is 10.6. The summed E-state index contributed by atoms with van der Waals surface area (Å²) in [6, 6.07) is 2.27. The summed E-state index contributed by atoms with van der Waals surface area (Å²) < 4.78 is 2.92. The van der Waals surface area contributed by atoms with Crippen molar-refractivity contribution < 1.29 is 5.11 Å². The van der Waals surface area contributed by atoms with E-state index < -0.39 is 6.10 Å². The molecular weight excluding hydrogens is 314 g/mol. The van der Waals surface area contributed by atoms with Crippen LogP contribution in [0.5, 0.6) is 0 Å². The van der Waals surface area contributed by atoms with Crippen LogP contribution in [0.1, 0.15) is 42.3 Å². The summed E-state index contributed by atoms with van der Waals surface area (Å²) in [6.45, 7) is 6.13. The van der Waals surface area contributed by atoms with E-state index in [9.17, 15) is 5.11 Å². The predicted octanol–water partition coefficient (Wildman–Crippen LogP) is 3.27. The minimum absolute atomic E-state index is 0.256. The highest BCUT2D eigenvalue weighted by molar-refractivity contribution is 9.11. The Balaban J connectivity index is 2.16. The summed E-state index contributed by atoms with van der Waals surface area (Å²) in [7, 11) is 0. The highest BCUT2D eigenvalue weighted by Gasteiger charge is 2.17. The number of aliphatic hydroxyl groups excluding tert-OH is 1. The van der Waals surface area contributed by atoms with Crippen LogP contribution in [0.25, 0.3) is 0 Å². The lowest BCUT2D eigenvalue weighted by atomic mass is 10.2. The van der Waals surface area contributed by atoms with Crippen molar-refractivity contribution in [1.29, 1.82) is 0 Å². The number of aromatic nitrogens is 3. The van der Waals surface area contributed by atoms with Crippen LogP contribution >= 0.6 is 27.3 Å². The first-order chi connectivity index (χ1) is 8.49. The van der Waals surface area contributed by atoms with Crippen molar-refractivity contribution >= 4 is 27.3 Å². The van der Waals surface area contributed by atoms with Crippen LogP contribution in [0.4, 0.5) is 0 Å². The molecule has 0 aliphatic carbocycles. The fourth-order valence-corrected chi connectivity index (χ4v) is 3.33. The molecule has 0 aromatic carbocycles. The number of halogens is 1. The average Bonchev–Trinajstić information content (AvgIpc) is 2.87. The van der Waals surface area contributed by atoms with Gasteiger partial charge in [-0.2, -0.15) is 5.10 Å². The fraction of sp³-hybridized carbons (Fsp3) is 0.500. The number of aliphatic hydroxyl groups is 1. The third-order valence-electron chi connectivity index (χ3n) is 2.72. The Morgan fingerprint density at radius 1 is 1.50 bits per heavy atom. The largest absolute Gasteiger partial charge is 0.387 e. The van der Waals surface area contributed by atoms with Gasteiger partial charge >= 0.3 is 0 Å². The van der Waals surface area contributed by atoms with Crippen LogP contribution in [0.15, 0.2) is 16.2 Å². The Hall–Kier alpha value is -0.720. The Kier molecular flexibility index (Phi) is 4.19. The summed E-state index contributed by atoms with van der Waals surface area (Å²) in [5, 5.41) is 14.4. The zero-order chi connectivity index (χ0) is 13.3. The molecule has 2 heterocycles. The van der Waals surface area contributed by atoms with E-state index in [0.29, 0.717) is 6.42 Å². The molecule has 0 amide bonds. The van der Waals surface area contributed by atoms with Gasteiger partial charge in [-0.1, -0.05) is 0 Å². The van der Waals surface area contributed by atoms with E-state index in [1.54, 1.807) is 11.3 Å². The van der Waals surface area contributed by atoms with Gasteiger partial charge in [0, 0.05) is 17.3 Å². The smallest absolute Gasteiger partial charge is 0.138 e. The number of thiophene rings is 1. The Labute approximate surface area is 119 Å². The molecule has 18 heavy (non-hydrogen) atoms. The number of aryl methyl sites for hydroxylation is 1. The molecule has 1 N–H and O–H groups in total. The second-order valence-corrected chi connectivity index (χ2v) is 6.94. The topological polar surface area (TPSA) is 50.9 Å². The highest BCUT2D eigenvalue weighted by Crippen LogP contribution is 2.32. The molecule has 0 radical (unpaired) electrons. The molecule has 4 nitrogen and oxygen atoms in total. The number of nitrogens with zero attached hydrogens (tertiary/aromatic N) is 3. The average molecular weight is 330 g/mol. The molecule has 2 aromatic heterocycles. The summed E-state index contributed by atoms with van der Waals surface area (Å²) in [6.07, 6.45) is 1.50. The van der Waals surface area contributed by atoms with Crippen molar-refractivity contribution in [3.63, 3.8) is 0 Å². The van der Waals surface area contributed by atoms with Crippen molar-refractivity contribution in [3.05, 3.63) is 32.4 Å². The number of hydrogen-bond donors (Lipinski definition) is 1. The van der Waals surface area contributed by atoms with Gasteiger partial charge in [0.1, 0.15) is 12.2 Å². The van der Waals surface area contributed by atoms with Gasteiger partial charge in [-0.15, -0.1) is 11.3 Å². The Bertz CT molecular complexity index is 516. The monoisotopic (exact) mass is 329 g/mol. The molecule has 0 aliphatic heterocycles. The van der Waals surface area contributed by atoms with Gasteiger partial charge in [0.2, 0.25) is 0 Å². The Morgan fingerprint density at radius 2 is 2.22 bits per heavy atom. The molecule has 0 aliphatic rings. The second kappa shape index (κ2) is 5.50. The Morgan fingerprint density at radius 3 is 2.78 bits per heavy atom. The summed E-state index contributed by atoms with van der Waals surface area (Å²) >= 11 is 5.04. The normalized spacial score (nSPS) is 13.2. The zero-order valence-corrected chi connectivity index (χ0v) is 13.0. The van der Waals surface area contributed by atoms with Crippen molar-refractivity contribution in [3.8, 4) is 0 Å². The maximum Gasteiger partial charge on any atom is 0.138 e. The predicted molar refractivity (Wildman–Crippen MR) is 75.8 cm³/mol. The van der Waals surface area contributed by atoms with Crippen LogP contribution in [0.3, 0.4) is 0 Å². The molecule has 1 atom stereocenters. The van der Waals surface area contributed by atoms with Gasteiger partial charge in [0.25, 0.3) is 0 Å². The maximum atomic E-state index is 10.2. The SMILES string of the molecule is Cc1cc(C(O)Cc2ncnn2C(C)C)sc1Br. The second-order valence-electron chi connectivity index (χ2n) is 4.54. The van der Waals surface area contributed by atoms with Crippen molar-refractivity contribution in [2.24, 2.45) is 0 Å². The lowest BCUT2D eigenvalue weighted by molar-refractivity contribution is 0.177. The lowest BCUT2D eigenvalue weighted by Crippen LogP contribution is -2.11. The van der Waals surface area contributed by atoms with Gasteiger partial charge in [0.15, 0.2) is 0 Å². The van der Waals surface area contributed by atoms with Gasteiger partial charge in [-0.3, -0.25) is 0 Å². The summed E-state index contributed by atoms with van der Waals surface area (Å²) in [5.41, 5.74) is 1.15. The van der Waals surface area contributed by atoms with Crippen LogP contribution in [0, 0.1) is 6.92 Å². The van der Waals surface area contributed by atoms with Gasteiger partial charge in [0.05, 0.1) is 9.89 Å². The van der Waals surface area contributed by atoms with E-state index in [0.717, 1.165) is 20.1 Å². The molecular formula is C12H16BrN3OS. The lowest BCUT2D eigenvalue weighted by Gasteiger charge is -2.12. The molecule has 0 spiro atoms. The molecule has 0 fully saturated rings. The molecule has 2 rings (SSSR count). The van der Waals surface area contributed by atoms with E-state index in [-0.39, 0.29) is 6.04 Å². The maximum absolute atomic E-state index is 10.2. The quantitative estimate of drug-likeness (QED) is 0.936. The highest BCUT2D eigenvalue weighted by atomic mass is 79.9. The van der Waals surface area contributed by atoms with Crippen molar-refractivity contribution in [2.75, 3.05) is 0 Å². The van der Waals surface area contributed by atoms with Crippen LogP contribution < -0.4 is 0 Å². The summed E-state index contributed by atoms with van der Waals surface area (Å²) in [5.74, 6) is 0.819. The van der Waals surface area contributed by atoms with Gasteiger partial charge in [-0.05, 0) is 48.3 Å². The van der Waals surface area contributed by atoms with Crippen LogP contribution in [0.2, 0.25) is 0 Å². The van der Waals surface area contributed by atoms with E-state index >= 15 is 0 Å². The molecule has 2 aromatic rings. The molecule has 6 heteroatoms. The van der Waals surface area contributed by atoms with Crippen molar-refractivity contribution in [1.82, 2.24) is 14.8 Å². The first kappa shape index (κ1) is 13.7. The molecule has 0 bridgehead atoms. The van der Waals surface area contributed by atoms with Crippen LogP contribution in [-0.2, 0) is 6.42 Å². The molecule has 98 valence electrons. The third kappa shape index (κ3) is 2.81. The molecule has 0 saturated carbocycles. The van der Waals surface area contributed by atoms with E-state index in [1.807, 2.05) is 17.7 Å². The molecule has 0 saturated heterocycles. The minimum Gasteiger partial charge on any atom is -0.387 e. The van der Waals surface area contributed by atoms with Gasteiger partial charge < -0.3 is 5.11 Å². The van der Waals surface area contributed by atoms with E-state index in [2.05, 4.69) is 39.9 Å². The first-order valence-electron chi connectivity index (χ1n) is 5.81. The van der Waals surface area contributed by atoms with E-state index in [4.69, 9.17) is 0 Å². The third-order valence-corrected chi connectivity index (χ3v) is 4.95. The van der Waals surface area contributed by atoms with E-state index in [1.165, 1.54) is 6.33 Å². The molecule has 1 unspecified atom stereocenters. The number of hydrogen-bond acceptors (Lipinski definition) is 4. The first-order valence-corrected chi connectivity index (χ1v) is 7.42. The van der Waals surface area contributed by atoms with Gasteiger partial charge in [-0.25, -0.2) is 9.67 Å².